The largest absolute Gasteiger partial charge is 0.398 e. The summed E-state index contributed by atoms with van der Waals surface area (Å²) >= 11 is 0. The number of hydrogen-bond donors (Lipinski definition) is 3. The van der Waals surface area contributed by atoms with E-state index in [2.05, 4.69) is 15.5 Å². The first-order valence-corrected chi connectivity index (χ1v) is 5.92. The van der Waals surface area contributed by atoms with Crippen molar-refractivity contribution in [3.63, 3.8) is 0 Å². The van der Waals surface area contributed by atoms with E-state index in [0.717, 1.165) is 18.2 Å². The van der Waals surface area contributed by atoms with Gasteiger partial charge in [0.15, 0.2) is 5.82 Å². The Morgan fingerprint density at radius 2 is 2.21 bits per heavy atom. The number of nitrogens with zero attached hydrogens (tertiary/aromatic N) is 1. The lowest BCUT2D eigenvalue weighted by Gasteiger charge is -2.06. The summed E-state index contributed by atoms with van der Waals surface area (Å²) < 4.78 is 13.5. The van der Waals surface area contributed by atoms with Crippen LogP contribution in [0.4, 0.5) is 15.9 Å². The fourth-order valence-electron chi connectivity index (χ4n) is 1.63. The van der Waals surface area contributed by atoms with Crippen LogP contribution in [0.15, 0.2) is 18.2 Å². The average molecular weight is 262 g/mol. The molecule has 0 aliphatic carbocycles. The molecule has 0 saturated carbocycles. The van der Waals surface area contributed by atoms with Crippen molar-refractivity contribution in [1.29, 1.82) is 0 Å². The molecule has 0 unspecified atom stereocenters. The van der Waals surface area contributed by atoms with Gasteiger partial charge in [0, 0.05) is 28.6 Å². The number of nitrogens with two attached hydrogens (primary N) is 1. The van der Waals surface area contributed by atoms with Gasteiger partial charge in [0.25, 0.3) is 5.91 Å². The molecule has 0 spiro atoms. The van der Waals surface area contributed by atoms with Crippen LogP contribution in [0.2, 0.25) is 0 Å². The van der Waals surface area contributed by atoms with Crippen LogP contribution in [0, 0.1) is 12.7 Å². The molecule has 2 aromatic rings. The van der Waals surface area contributed by atoms with Crippen molar-refractivity contribution in [2.45, 2.75) is 20.3 Å². The van der Waals surface area contributed by atoms with Crippen LogP contribution in [0.3, 0.4) is 0 Å². The number of aromatic nitrogens is 2. The number of H-pyrrole nitrogens is 1. The molecule has 5 nitrogen and oxygen atoms in total. The molecule has 0 aliphatic heterocycles. The quantitative estimate of drug-likeness (QED) is 0.742. The minimum Gasteiger partial charge on any atom is -0.398 e. The van der Waals surface area contributed by atoms with E-state index in [4.69, 9.17) is 5.73 Å². The molecule has 0 saturated heterocycles. The third-order valence-corrected chi connectivity index (χ3v) is 2.90. The highest BCUT2D eigenvalue weighted by molar-refractivity contribution is 6.04. The van der Waals surface area contributed by atoms with Gasteiger partial charge in [0.05, 0.1) is 0 Å². The van der Waals surface area contributed by atoms with Crippen molar-refractivity contribution >= 4 is 17.4 Å². The standard InChI is InChI=1S/C13H15FN4O/c1-3-9-6-12(18-17-9)16-13(19)8-4-10(14)7(2)11(15)5-8/h4-6H,3,15H2,1-2H3,(H2,16,17,18,19). The van der Waals surface area contributed by atoms with Crippen molar-refractivity contribution in [2.75, 3.05) is 11.1 Å². The predicted octanol–water partition coefficient (Wildman–Crippen LogP) is 2.25. The zero-order valence-corrected chi connectivity index (χ0v) is 10.7. The lowest BCUT2D eigenvalue weighted by molar-refractivity contribution is 0.102. The lowest BCUT2D eigenvalue weighted by Crippen LogP contribution is -2.13. The second kappa shape index (κ2) is 5.09. The highest BCUT2D eigenvalue weighted by atomic mass is 19.1. The molecule has 0 radical (unpaired) electrons. The number of nitrogens with one attached hydrogen (secondary N) is 2. The van der Waals surface area contributed by atoms with Crippen LogP contribution in [0.1, 0.15) is 28.5 Å². The summed E-state index contributed by atoms with van der Waals surface area (Å²) in [7, 11) is 0. The van der Waals surface area contributed by atoms with Crippen LogP contribution in [-0.2, 0) is 6.42 Å². The van der Waals surface area contributed by atoms with Crippen LogP contribution in [-0.4, -0.2) is 16.1 Å². The molecule has 6 heteroatoms. The molecule has 0 bridgehead atoms. The van der Waals surface area contributed by atoms with Crippen molar-refractivity contribution in [3.05, 3.63) is 40.8 Å². The molecule has 0 aliphatic rings. The Morgan fingerprint density at radius 3 is 2.79 bits per heavy atom. The van der Waals surface area contributed by atoms with Gasteiger partial charge in [-0.25, -0.2) is 4.39 Å². The van der Waals surface area contributed by atoms with Gasteiger partial charge in [-0.15, -0.1) is 0 Å². The Balaban J connectivity index is 2.20. The molecule has 1 heterocycles. The first kappa shape index (κ1) is 13.1. The number of halogens is 1. The maximum atomic E-state index is 13.5. The Kier molecular flexibility index (Phi) is 3.50. The monoisotopic (exact) mass is 262 g/mol. The van der Waals surface area contributed by atoms with E-state index in [0.29, 0.717) is 11.4 Å². The zero-order valence-electron chi connectivity index (χ0n) is 10.7. The van der Waals surface area contributed by atoms with E-state index >= 15 is 0 Å². The van der Waals surface area contributed by atoms with Crippen molar-refractivity contribution in [2.24, 2.45) is 0 Å². The third kappa shape index (κ3) is 2.73. The molecule has 1 aromatic heterocycles. The number of anilines is 2. The summed E-state index contributed by atoms with van der Waals surface area (Å²) in [6, 6.07) is 4.33. The second-order valence-corrected chi connectivity index (χ2v) is 4.26. The number of rotatable bonds is 3. The summed E-state index contributed by atoms with van der Waals surface area (Å²) in [6.07, 6.45) is 0.787. The Hall–Kier alpha value is -2.37. The molecule has 4 N–H and O–H groups in total. The van der Waals surface area contributed by atoms with Crippen molar-refractivity contribution in [3.8, 4) is 0 Å². The average Bonchev–Trinajstić information content (AvgIpc) is 2.83. The van der Waals surface area contributed by atoms with Crippen LogP contribution in [0.5, 0.6) is 0 Å². The van der Waals surface area contributed by atoms with Gasteiger partial charge < -0.3 is 11.1 Å². The summed E-state index contributed by atoms with van der Waals surface area (Å²) in [4.78, 5) is 11.9. The van der Waals surface area contributed by atoms with Crippen LogP contribution >= 0.6 is 0 Å². The predicted molar refractivity (Wildman–Crippen MR) is 71.5 cm³/mol. The van der Waals surface area contributed by atoms with Gasteiger partial charge in [0.2, 0.25) is 0 Å². The fraction of sp³-hybridized carbons (Fsp3) is 0.231. The second-order valence-electron chi connectivity index (χ2n) is 4.26. The molecule has 0 atom stereocenters. The number of benzene rings is 1. The zero-order chi connectivity index (χ0) is 14.0. The van der Waals surface area contributed by atoms with Gasteiger partial charge in [-0.3, -0.25) is 9.89 Å². The van der Waals surface area contributed by atoms with E-state index in [1.807, 2.05) is 6.92 Å². The molecule has 0 fully saturated rings. The molecule has 19 heavy (non-hydrogen) atoms. The Morgan fingerprint density at radius 1 is 1.47 bits per heavy atom. The number of amides is 1. The first-order valence-electron chi connectivity index (χ1n) is 5.92. The highest BCUT2D eigenvalue weighted by Crippen LogP contribution is 2.18. The fourth-order valence-corrected chi connectivity index (χ4v) is 1.63. The summed E-state index contributed by atoms with van der Waals surface area (Å²) in [5, 5.41) is 9.30. The van der Waals surface area contributed by atoms with Gasteiger partial charge in [-0.2, -0.15) is 5.10 Å². The summed E-state index contributed by atoms with van der Waals surface area (Å²) in [5.74, 6) is -0.539. The molecule has 1 aromatic carbocycles. The van der Waals surface area contributed by atoms with Crippen molar-refractivity contribution in [1.82, 2.24) is 10.2 Å². The third-order valence-electron chi connectivity index (χ3n) is 2.90. The number of carbonyl (C=O) groups is 1. The lowest BCUT2D eigenvalue weighted by atomic mass is 10.1. The number of hydrogen-bond acceptors (Lipinski definition) is 3. The Bertz CT molecular complexity index is 598. The van der Waals surface area contributed by atoms with E-state index in [1.165, 1.54) is 6.07 Å². The van der Waals surface area contributed by atoms with E-state index < -0.39 is 11.7 Å². The van der Waals surface area contributed by atoms with Crippen LogP contribution in [0.25, 0.3) is 0 Å². The molecule has 100 valence electrons. The minimum absolute atomic E-state index is 0.168. The molecular weight excluding hydrogens is 247 g/mol. The van der Waals surface area contributed by atoms with Gasteiger partial charge >= 0.3 is 0 Å². The minimum atomic E-state index is -0.499. The van der Waals surface area contributed by atoms with E-state index in [1.54, 1.807) is 13.0 Å². The molecule has 2 rings (SSSR count). The topological polar surface area (TPSA) is 83.8 Å². The van der Waals surface area contributed by atoms with Gasteiger partial charge in [-0.05, 0) is 25.5 Å². The number of carbonyl (C=O) groups excluding carboxylic acids is 1. The maximum absolute atomic E-state index is 13.5. The molecular formula is C13H15FN4O. The number of nitrogen functional groups attached to an aromatic ring is 1. The van der Waals surface area contributed by atoms with Crippen LogP contribution < -0.4 is 11.1 Å². The summed E-state index contributed by atoms with van der Waals surface area (Å²) in [6.45, 7) is 3.53. The van der Waals surface area contributed by atoms with E-state index in [9.17, 15) is 9.18 Å². The van der Waals surface area contributed by atoms with Gasteiger partial charge in [0.1, 0.15) is 5.82 Å². The van der Waals surface area contributed by atoms with Crippen molar-refractivity contribution < 1.29 is 9.18 Å². The normalized spacial score (nSPS) is 10.5. The number of aromatic amines is 1. The highest BCUT2D eigenvalue weighted by Gasteiger charge is 2.12. The van der Waals surface area contributed by atoms with E-state index in [-0.39, 0.29) is 11.3 Å². The molecule has 1 amide bonds. The Labute approximate surface area is 110 Å². The smallest absolute Gasteiger partial charge is 0.257 e. The summed E-state index contributed by atoms with van der Waals surface area (Å²) in [5.41, 5.74) is 7.30. The van der Waals surface area contributed by atoms with Gasteiger partial charge in [-0.1, -0.05) is 6.92 Å². The maximum Gasteiger partial charge on any atom is 0.257 e. The first-order chi connectivity index (χ1) is 9.01. The number of aryl methyl sites for hydroxylation is 1. The SMILES string of the molecule is CCc1cc(NC(=O)c2cc(N)c(C)c(F)c2)n[nH]1.